The van der Waals surface area contributed by atoms with Gasteiger partial charge in [-0.25, -0.2) is 0 Å². The third kappa shape index (κ3) is 3.51. The van der Waals surface area contributed by atoms with Gasteiger partial charge in [0.25, 0.3) is 0 Å². The highest BCUT2D eigenvalue weighted by Gasteiger charge is 2.29. The fraction of sp³-hybridized carbons (Fsp3) is 0.533. The molecule has 6 nitrogen and oxygen atoms in total. The van der Waals surface area contributed by atoms with Crippen molar-refractivity contribution in [2.24, 2.45) is 5.92 Å². The van der Waals surface area contributed by atoms with E-state index in [1.54, 1.807) is 19.3 Å². The molecular weight excluding hydrogens is 272 g/mol. The molecule has 114 valence electrons. The molecule has 1 unspecified atom stereocenters. The molecule has 2 heterocycles. The summed E-state index contributed by atoms with van der Waals surface area (Å²) in [5.41, 5.74) is 0.761. The Morgan fingerprint density at radius 2 is 2.19 bits per heavy atom. The van der Waals surface area contributed by atoms with Crippen LogP contribution in [0.3, 0.4) is 0 Å². The van der Waals surface area contributed by atoms with Gasteiger partial charge < -0.3 is 13.7 Å². The number of ether oxygens (including phenoxy) is 1. The van der Waals surface area contributed by atoms with Gasteiger partial charge in [-0.1, -0.05) is 19.0 Å². The van der Waals surface area contributed by atoms with Crippen LogP contribution in [-0.2, 0) is 9.53 Å². The summed E-state index contributed by atoms with van der Waals surface area (Å²) in [4.78, 5) is 16.4. The van der Waals surface area contributed by atoms with E-state index in [-0.39, 0.29) is 11.9 Å². The Kier molecular flexibility index (Phi) is 4.77. The molecule has 6 heteroatoms. The van der Waals surface area contributed by atoms with E-state index < -0.39 is 5.92 Å². The second kappa shape index (κ2) is 6.56. The number of hydrogen-bond donors (Lipinski definition) is 0. The Labute approximate surface area is 123 Å². The van der Waals surface area contributed by atoms with Gasteiger partial charge in [0.1, 0.15) is 11.7 Å². The maximum absolute atomic E-state index is 12.1. The number of carbonyl (C=O) groups excluding carboxylic acids is 1. The van der Waals surface area contributed by atoms with Gasteiger partial charge in [-0.15, -0.1) is 0 Å². The standard InChI is InChI=1S/C15H20N2O4/c1-5-19-15(18)12(8-9(2)3)14-16-13(17-21-14)11-6-7-20-10(11)4/h6-7,9,12H,5,8H2,1-4H3. The van der Waals surface area contributed by atoms with Crippen LogP contribution < -0.4 is 0 Å². The molecule has 2 rings (SSSR count). The monoisotopic (exact) mass is 292 g/mol. The molecule has 0 saturated heterocycles. The van der Waals surface area contributed by atoms with Gasteiger partial charge in [-0.3, -0.25) is 4.79 Å². The molecule has 21 heavy (non-hydrogen) atoms. The zero-order valence-corrected chi connectivity index (χ0v) is 12.8. The Hall–Kier alpha value is -2.11. The van der Waals surface area contributed by atoms with Crippen molar-refractivity contribution in [2.45, 2.75) is 40.0 Å². The van der Waals surface area contributed by atoms with Crippen molar-refractivity contribution in [3.8, 4) is 11.4 Å². The summed E-state index contributed by atoms with van der Waals surface area (Å²) in [7, 11) is 0. The van der Waals surface area contributed by atoms with Crippen LogP contribution in [0.4, 0.5) is 0 Å². The molecule has 0 aromatic carbocycles. The summed E-state index contributed by atoms with van der Waals surface area (Å²) < 4.78 is 15.6. The minimum Gasteiger partial charge on any atom is -0.469 e. The molecule has 0 spiro atoms. The Balaban J connectivity index is 2.27. The highest BCUT2D eigenvalue weighted by molar-refractivity contribution is 5.77. The van der Waals surface area contributed by atoms with Crippen LogP contribution in [-0.4, -0.2) is 22.7 Å². The minimum atomic E-state index is -0.529. The van der Waals surface area contributed by atoms with E-state index >= 15 is 0 Å². The first-order valence-electron chi connectivity index (χ1n) is 7.07. The van der Waals surface area contributed by atoms with Gasteiger partial charge in [-0.05, 0) is 32.3 Å². The summed E-state index contributed by atoms with van der Waals surface area (Å²) in [6, 6.07) is 1.77. The Morgan fingerprint density at radius 3 is 2.76 bits per heavy atom. The Bertz CT molecular complexity index is 600. The first-order chi connectivity index (χ1) is 10.0. The van der Waals surface area contributed by atoms with Gasteiger partial charge in [-0.2, -0.15) is 4.98 Å². The zero-order chi connectivity index (χ0) is 15.4. The van der Waals surface area contributed by atoms with E-state index in [0.717, 1.165) is 5.56 Å². The molecule has 0 saturated carbocycles. The van der Waals surface area contributed by atoms with E-state index in [0.29, 0.717) is 30.5 Å². The Morgan fingerprint density at radius 1 is 1.43 bits per heavy atom. The lowest BCUT2D eigenvalue weighted by molar-refractivity contribution is -0.146. The molecule has 0 aliphatic carbocycles. The summed E-state index contributed by atoms with van der Waals surface area (Å²) >= 11 is 0. The average molecular weight is 292 g/mol. The largest absolute Gasteiger partial charge is 0.469 e. The fourth-order valence-corrected chi connectivity index (χ4v) is 2.12. The van der Waals surface area contributed by atoms with Crippen LogP contribution in [0.15, 0.2) is 21.3 Å². The molecule has 0 bridgehead atoms. The highest BCUT2D eigenvalue weighted by Crippen LogP contribution is 2.27. The number of furan rings is 1. The fourth-order valence-electron chi connectivity index (χ4n) is 2.12. The van der Waals surface area contributed by atoms with Crippen LogP contribution in [0.1, 0.15) is 44.8 Å². The van der Waals surface area contributed by atoms with Gasteiger partial charge in [0.05, 0.1) is 18.4 Å². The number of rotatable bonds is 6. The summed E-state index contributed by atoms with van der Waals surface area (Å²) in [6.45, 7) is 7.99. The van der Waals surface area contributed by atoms with E-state index in [2.05, 4.69) is 10.1 Å². The van der Waals surface area contributed by atoms with Gasteiger partial charge in [0, 0.05) is 0 Å². The van der Waals surface area contributed by atoms with Crippen molar-refractivity contribution >= 4 is 5.97 Å². The molecule has 0 aliphatic heterocycles. The van der Waals surface area contributed by atoms with Crippen molar-refractivity contribution in [1.29, 1.82) is 0 Å². The van der Waals surface area contributed by atoms with Crippen LogP contribution in [0, 0.1) is 12.8 Å². The van der Waals surface area contributed by atoms with E-state index in [1.165, 1.54) is 0 Å². The number of carbonyl (C=O) groups is 1. The lowest BCUT2D eigenvalue weighted by atomic mass is 9.97. The number of esters is 1. The molecule has 2 aromatic heterocycles. The first kappa shape index (κ1) is 15.3. The summed E-state index contributed by atoms with van der Waals surface area (Å²) in [6.07, 6.45) is 2.17. The van der Waals surface area contributed by atoms with Crippen molar-refractivity contribution in [3.63, 3.8) is 0 Å². The average Bonchev–Trinajstić information content (AvgIpc) is 3.04. The maximum atomic E-state index is 12.1. The van der Waals surface area contributed by atoms with Crippen LogP contribution in [0.5, 0.6) is 0 Å². The van der Waals surface area contributed by atoms with E-state index in [4.69, 9.17) is 13.7 Å². The molecule has 0 radical (unpaired) electrons. The van der Waals surface area contributed by atoms with Gasteiger partial charge in [0.2, 0.25) is 11.7 Å². The quantitative estimate of drug-likeness (QED) is 0.760. The predicted molar refractivity (Wildman–Crippen MR) is 75.6 cm³/mol. The van der Waals surface area contributed by atoms with Crippen molar-refractivity contribution in [1.82, 2.24) is 10.1 Å². The van der Waals surface area contributed by atoms with Crippen molar-refractivity contribution < 1.29 is 18.5 Å². The molecular formula is C15H20N2O4. The number of hydrogen-bond acceptors (Lipinski definition) is 6. The number of nitrogens with zero attached hydrogens (tertiary/aromatic N) is 2. The topological polar surface area (TPSA) is 78.4 Å². The lowest BCUT2D eigenvalue weighted by Crippen LogP contribution is -2.18. The van der Waals surface area contributed by atoms with Gasteiger partial charge in [0.15, 0.2) is 0 Å². The zero-order valence-electron chi connectivity index (χ0n) is 12.8. The maximum Gasteiger partial charge on any atom is 0.318 e. The smallest absolute Gasteiger partial charge is 0.318 e. The molecule has 0 aliphatic rings. The predicted octanol–water partition coefficient (Wildman–Crippen LogP) is 3.33. The first-order valence-corrected chi connectivity index (χ1v) is 7.07. The normalized spacial score (nSPS) is 12.6. The van der Waals surface area contributed by atoms with Gasteiger partial charge >= 0.3 is 5.97 Å². The third-order valence-electron chi connectivity index (χ3n) is 3.12. The number of aromatic nitrogens is 2. The molecule has 2 aromatic rings. The molecule has 0 fully saturated rings. The second-order valence-electron chi connectivity index (χ2n) is 5.28. The summed E-state index contributed by atoms with van der Waals surface area (Å²) in [5.74, 6) is 0.875. The molecule has 1 atom stereocenters. The van der Waals surface area contributed by atoms with E-state index in [9.17, 15) is 4.79 Å². The lowest BCUT2D eigenvalue weighted by Gasteiger charge is -2.13. The SMILES string of the molecule is CCOC(=O)C(CC(C)C)c1nc(-c2ccoc2C)no1. The van der Waals surface area contributed by atoms with Crippen LogP contribution in [0.2, 0.25) is 0 Å². The minimum absolute atomic E-state index is 0.290. The van der Waals surface area contributed by atoms with Crippen molar-refractivity contribution in [3.05, 3.63) is 24.0 Å². The molecule has 0 N–H and O–H groups in total. The second-order valence-corrected chi connectivity index (χ2v) is 5.28. The van der Waals surface area contributed by atoms with Crippen LogP contribution >= 0.6 is 0 Å². The highest BCUT2D eigenvalue weighted by atomic mass is 16.5. The summed E-state index contributed by atoms with van der Waals surface area (Å²) in [5, 5.41) is 3.94. The van der Waals surface area contributed by atoms with Crippen LogP contribution in [0.25, 0.3) is 11.4 Å². The molecule has 0 amide bonds. The van der Waals surface area contributed by atoms with E-state index in [1.807, 2.05) is 20.8 Å². The van der Waals surface area contributed by atoms with Crippen molar-refractivity contribution in [2.75, 3.05) is 6.61 Å². The third-order valence-corrected chi connectivity index (χ3v) is 3.12. The number of aryl methyl sites for hydroxylation is 1.